The number of carbonyl (C=O) groups excluding carboxylic acids is 2. The molecule has 0 atom stereocenters. The Morgan fingerprint density at radius 1 is 0.897 bits per heavy atom. The van der Waals surface area contributed by atoms with Crippen LogP contribution in [-0.2, 0) is 9.47 Å². The number of hydrogen-bond donors (Lipinski definition) is 0. The second kappa shape index (κ2) is 11.8. The smallest absolute Gasteiger partial charge is 0.356 e. The molecule has 0 bridgehead atoms. The van der Waals surface area contributed by atoms with Crippen molar-refractivity contribution >= 4 is 58.3 Å². The van der Waals surface area contributed by atoms with Gasteiger partial charge in [-0.3, -0.25) is 0 Å². The van der Waals surface area contributed by atoms with Crippen molar-refractivity contribution < 1.29 is 19.1 Å². The first-order valence-corrected chi connectivity index (χ1v) is 15.1. The van der Waals surface area contributed by atoms with E-state index in [1.807, 2.05) is 83.5 Å². The maximum atomic E-state index is 13.2. The molecule has 0 aliphatic carbocycles. The summed E-state index contributed by atoms with van der Waals surface area (Å²) < 4.78 is 16.8. The van der Waals surface area contributed by atoms with E-state index in [9.17, 15) is 9.59 Å². The normalized spacial score (nSPS) is 11.8. The second-order valence-corrected chi connectivity index (χ2v) is 10.9. The van der Waals surface area contributed by atoms with Crippen molar-refractivity contribution in [3.63, 3.8) is 0 Å². The summed E-state index contributed by atoms with van der Waals surface area (Å²) in [6.45, 7) is 4.18. The van der Waals surface area contributed by atoms with Gasteiger partial charge in [0.05, 0.1) is 24.2 Å². The van der Waals surface area contributed by atoms with Crippen LogP contribution in [0.5, 0.6) is 0 Å². The molecular weight excluding hydrogens is 532 g/mol. The van der Waals surface area contributed by atoms with Crippen LogP contribution in [0.15, 0.2) is 46.5 Å². The first-order chi connectivity index (χ1) is 18.7. The van der Waals surface area contributed by atoms with E-state index in [-0.39, 0.29) is 25.2 Å². The lowest BCUT2D eigenvalue weighted by atomic mass is 10.2. The average molecular weight is 568 g/mol. The van der Waals surface area contributed by atoms with E-state index < -0.39 is 0 Å². The van der Waals surface area contributed by atoms with Gasteiger partial charge in [0.1, 0.15) is 25.5 Å². The largest absolute Gasteiger partial charge is 0.461 e. The van der Waals surface area contributed by atoms with Gasteiger partial charge in [-0.05, 0) is 44.6 Å². The highest BCUT2D eigenvalue weighted by Gasteiger charge is 2.26. The highest BCUT2D eigenvalue weighted by molar-refractivity contribution is 7.99. The molecule has 8 nitrogen and oxygen atoms in total. The van der Waals surface area contributed by atoms with Crippen LogP contribution in [0.4, 0.5) is 5.69 Å². The van der Waals surface area contributed by atoms with Crippen molar-refractivity contribution in [3.8, 4) is 0 Å². The van der Waals surface area contributed by atoms with Crippen LogP contribution in [0.1, 0.15) is 40.4 Å². The van der Waals surface area contributed by atoms with E-state index in [0.717, 1.165) is 42.7 Å². The monoisotopic (exact) mass is 567 g/mol. The highest BCUT2D eigenvalue weighted by atomic mass is 32.2. The number of pyridine rings is 2. The van der Waals surface area contributed by atoms with Crippen molar-refractivity contribution in [2.24, 2.45) is 0 Å². The van der Waals surface area contributed by atoms with E-state index >= 15 is 0 Å². The number of thioether (sulfide) groups is 2. The van der Waals surface area contributed by atoms with Crippen LogP contribution < -0.4 is 20.1 Å². The molecule has 0 fully saturated rings. The van der Waals surface area contributed by atoms with Crippen LogP contribution in [0.3, 0.4) is 0 Å². The van der Waals surface area contributed by atoms with Gasteiger partial charge < -0.3 is 23.2 Å². The minimum atomic E-state index is -0.372. The number of fused-ring (bicyclic) bond motifs is 2. The molecule has 0 aliphatic heterocycles. The predicted octanol–water partition coefficient (Wildman–Crippen LogP) is 3.63. The van der Waals surface area contributed by atoms with Gasteiger partial charge in [-0.15, -0.1) is 23.5 Å². The molecule has 4 aromatic rings. The first kappa shape index (κ1) is 28.6. The Balaban J connectivity index is 2.22. The number of anilines is 1. The molecule has 0 amide bonds. The summed E-state index contributed by atoms with van der Waals surface area (Å²) in [6, 6.07) is 8.10. The van der Waals surface area contributed by atoms with Crippen molar-refractivity contribution in [3.05, 3.63) is 64.2 Å². The van der Waals surface area contributed by atoms with Gasteiger partial charge in [0, 0.05) is 64.9 Å². The van der Waals surface area contributed by atoms with Gasteiger partial charge >= 0.3 is 11.9 Å². The summed E-state index contributed by atoms with van der Waals surface area (Å²) in [6.07, 6.45) is 9.84. The Labute approximate surface area is 236 Å². The quantitative estimate of drug-likeness (QED) is 0.183. The summed E-state index contributed by atoms with van der Waals surface area (Å²) in [7, 11) is 7.95. The second-order valence-electron chi connectivity index (χ2n) is 9.25. The van der Waals surface area contributed by atoms with Gasteiger partial charge in [-0.1, -0.05) is 0 Å². The summed E-state index contributed by atoms with van der Waals surface area (Å²) in [5.74, 6) is -0.744. The average Bonchev–Trinajstić information content (AvgIpc) is 3.40. The van der Waals surface area contributed by atoms with Gasteiger partial charge in [0.2, 0.25) is 5.36 Å². The lowest BCUT2D eigenvalue weighted by Gasteiger charge is -2.13. The molecule has 39 heavy (non-hydrogen) atoms. The zero-order valence-electron chi connectivity index (χ0n) is 23.7. The molecule has 0 spiro atoms. The van der Waals surface area contributed by atoms with Crippen molar-refractivity contribution in [1.82, 2.24) is 13.4 Å². The number of aromatic nitrogens is 2. The van der Waals surface area contributed by atoms with Crippen LogP contribution >= 0.6 is 23.5 Å². The molecule has 0 aliphatic rings. The van der Waals surface area contributed by atoms with E-state index in [1.54, 1.807) is 13.8 Å². The summed E-state index contributed by atoms with van der Waals surface area (Å²) in [5.41, 5.74) is 4.63. The Morgan fingerprint density at radius 3 is 2.00 bits per heavy atom. The summed E-state index contributed by atoms with van der Waals surface area (Å²) in [5, 5.41) is 1.90. The minimum absolute atomic E-state index is 0.283. The summed E-state index contributed by atoms with van der Waals surface area (Å²) >= 11 is 3.01. The molecule has 0 radical (unpaired) electrons. The van der Waals surface area contributed by atoms with Crippen LogP contribution in [-0.4, -0.2) is 74.7 Å². The third-order valence-corrected chi connectivity index (χ3v) is 8.14. The molecule has 206 valence electrons. The Morgan fingerprint density at radius 2 is 1.46 bits per heavy atom. The number of esters is 2. The third-order valence-electron chi connectivity index (χ3n) is 6.50. The van der Waals surface area contributed by atoms with E-state index in [2.05, 4.69) is 18.2 Å². The van der Waals surface area contributed by atoms with Gasteiger partial charge in [0.15, 0.2) is 0 Å². The standard InChI is InChI=1S/C29H35N4O4S2/c1-9-36-28(34)24-26(38-7)20(22-15-18(30(3)4)11-13-32(22)24)17-21-23-16-19(31(5)6)12-14-33(23)25(27(21)39-8)29(35)37-10-2/h11-17H,9-10H2,1-8H3/q+1. The van der Waals surface area contributed by atoms with Gasteiger partial charge in [-0.2, -0.15) is 0 Å². The number of hydrogen-bond acceptors (Lipinski definition) is 7. The number of rotatable bonds is 8. The SMILES string of the molecule is CCOC(=O)c1c(SC)c(/C=c2/c(SC)c(C(=O)OCC)n3ccc(=[N+](C)C)cc23)c2cc(N(C)C)ccn12. The topological polar surface area (TPSA) is 67.7 Å². The van der Waals surface area contributed by atoms with Crippen LogP contribution in [0.25, 0.3) is 17.1 Å². The molecule has 4 heterocycles. The molecule has 4 aromatic heterocycles. The molecule has 10 heteroatoms. The molecule has 4 rings (SSSR count). The zero-order chi connectivity index (χ0) is 28.4. The van der Waals surface area contributed by atoms with E-state index in [0.29, 0.717) is 11.4 Å². The zero-order valence-corrected chi connectivity index (χ0v) is 25.3. The fourth-order valence-electron chi connectivity index (χ4n) is 4.66. The maximum absolute atomic E-state index is 13.2. The number of nitrogens with zero attached hydrogens (tertiary/aromatic N) is 4. The Bertz CT molecular complexity index is 1700. The van der Waals surface area contributed by atoms with Crippen molar-refractivity contribution in [2.75, 3.05) is 58.8 Å². The molecular formula is C29H35N4O4S2+. The molecule has 0 unspecified atom stereocenters. The number of ether oxygens (including phenoxy) is 2. The van der Waals surface area contributed by atoms with Crippen LogP contribution in [0, 0.1) is 0 Å². The highest BCUT2D eigenvalue weighted by Crippen LogP contribution is 2.35. The fourth-order valence-corrected chi connectivity index (χ4v) is 6.18. The van der Waals surface area contributed by atoms with Crippen molar-refractivity contribution in [2.45, 2.75) is 23.6 Å². The first-order valence-electron chi connectivity index (χ1n) is 12.7. The van der Waals surface area contributed by atoms with Crippen molar-refractivity contribution in [1.29, 1.82) is 0 Å². The third kappa shape index (κ3) is 5.15. The molecule has 0 N–H and O–H groups in total. The molecule has 0 saturated heterocycles. The fraction of sp³-hybridized carbons (Fsp3) is 0.345. The maximum Gasteiger partial charge on any atom is 0.356 e. The Kier molecular flexibility index (Phi) is 8.66. The molecule has 0 aromatic carbocycles. The van der Waals surface area contributed by atoms with Crippen LogP contribution in [0.2, 0.25) is 0 Å². The molecule has 0 saturated carbocycles. The lowest BCUT2D eigenvalue weighted by molar-refractivity contribution is 0.0504. The number of carbonyl (C=O) groups is 2. The summed E-state index contributed by atoms with van der Waals surface area (Å²) in [4.78, 5) is 30.0. The lowest BCUT2D eigenvalue weighted by Crippen LogP contribution is -2.22. The Hall–Kier alpha value is -3.37. The predicted molar refractivity (Wildman–Crippen MR) is 160 cm³/mol. The van der Waals surface area contributed by atoms with Gasteiger partial charge in [-0.25, -0.2) is 14.2 Å². The van der Waals surface area contributed by atoms with Gasteiger partial charge in [0.25, 0.3) is 0 Å². The van der Waals surface area contributed by atoms with E-state index in [4.69, 9.17) is 9.47 Å². The van der Waals surface area contributed by atoms with E-state index in [1.165, 1.54) is 23.5 Å². The minimum Gasteiger partial charge on any atom is -0.461 e.